The van der Waals surface area contributed by atoms with Gasteiger partial charge in [-0.15, -0.1) is 0 Å². The maximum absolute atomic E-state index is 12.0. The van der Waals surface area contributed by atoms with E-state index in [1.165, 1.54) is 24.3 Å². The van der Waals surface area contributed by atoms with Crippen LogP contribution in [0.2, 0.25) is 0 Å². The fraction of sp³-hybridized carbons (Fsp3) is 0.333. The number of carbonyl (C=O) groups is 1. The number of nitro benzene ring substituents is 1. The molecule has 1 fully saturated rings. The van der Waals surface area contributed by atoms with E-state index in [0.717, 1.165) is 12.8 Å². The Kier molecular flexibility index (Phi) is 5.22. The number of nitrogens with zero attached hydrogens (tertiary/aromatic N) is 2. The molecular formula is C15H15N3O4. The van der Waals surface area contributed by atoms with E-state index < -0.39 is 10.8 Å². The van der Waals surface area contributed by atoms with Crippen LogP contribution in [0.15, 0.2) is 29.8 Å². The molecule has 1 atom stereocenters. The zero-order chi connectivity index (χ0) is 15.9. The maximum Gasteiger partial charge on any atom is 0.270 e. The third-order valence-electron chi connectivity index (χ3n) is 3.27. The number of amides is 1. The lowest BCUT2D eigenvalue weighted by atomic mass is 10.1. The molecule has 114 valence electrons. The summed E-state index contributed by atoms with van der Waals surface area (Å²) in [6.07, 6.45) is 3.17. The molecule has 0 spiro atoms. The Morgan fingerprint density at radius 3 is 3.05 bits per heavy atom. The number of nitriles is 1. The first-order chi connectivity index (χ1) is 10.6. The smallest absolute Gasteiger partial charge is 0.270 e. The molecule has 0 saturated carbocycles. The summed E-state index contributed by atoms with van der Waals surface area (Å²) >= 11 is 0. The molecule has 0 aromatic heterocycles. The summed E-state index contributed by atoms with van der Waals surface area (Å²) in [7, 11) is 0. The summed E-state index contributed by atoms with van der Waals surface area (Å²) in [6.45, 7) is 1.04. The molecule has 1 saturated heterocycles. The summed E-state index contributed by atoms with van der Waals surface area (Å²) in [5, 5.41) is 22.4. The summed E-state index contributed by atoms with van der Waals surface area (Å²) in [5.41, 5.74) is 0.238. The number of non-ortho nitro benzene ring substituents is 1. The Bertz CT molecular complexity index is 642. The van der Waals surface area contributed by atoms with Crippen molar-refractivity contribution in [2.45, 2.75) is 18.9 Å². The Morgan fingerprint density at radius 1 is 1.59 bits per heavy atom. The van der Waals surface area contributed by atoms with Crippen LogP contribution in [-0.4, -0.2) is 30.1 Å². The predicted molar refractivity (Wildman–Crippen MR) is 78.7 cm³/mol. The largest absolute Gasteiger partial charge is 0.376 e. The fourth-order valence-electron chi connectivity index (χ4n) is 2.15. The molecule has 1 heterocycles. The molecule has 0 aliphatic carbocycles. The van der Waals surface area contributed by atoms with Crippen molar-refractivity contribution in [2.24, 2.45) is 0 Å². The summed E-state index contributed by atoms with van der Waals surface area (Å²) in [4.78, 5) is 22.2. The third kappa shape index (κ3) is 4.14. The van der Waals surface area contributed by atoms with Crippen LogP contribution in [0, 0.1) is 21.4 Å². The van der Waals surface area contributed by atoms with Crippen LogP contribution >= 0.6 is 0 Å². The second-order valence-electron chi connectivity index (χ2n) is 4.87. The van der Waals surface area contributed by atoms with Crippen LogP contribution in [0.5, 0.6) is 0 Å². The van der Waals surface area contributed by atoms with Crippen molar-refractivity contribution in [1.29, 1.82) is 5.26 Å². The highest BCUT2D eigenvalue weighted by Gasteiger charge is 2.17. The van der Waals surface area contributed by atoms with Gasteiger partial charge in [-0.25, -0.2) is 0 Å². The van der Waals surface area contributed by atoms with E-state index in [4.69, 9.17) is 10.00 Å². The molecule has 1 aromatic carbocycles. The molecule has 0 unspecified atom stereocenters. The van der Waals surface area contributed by atoms with Crippen LogP contribution in [0.3, 0.4) is 0 Å². The molecule has 1 N–H and O–H groups in total. The average Bonchev–Trinajstić information content (AvgIpc) is 3.04. The van der Waals surface area contributed by atoms with E-state index in [1.54, 1.807) is 6.07 Å². The highest BCUT2D eigenvalue weighted by Crippen LogP contribution is 2.16. The number of ether oxygens (including phenoxy) is 1. The van der Waals surface area contributed by atoms with Gasteiger partial charge in [0.05, 0.1) is 11.0 Å². The highest BCUT2D eigenvalue weighted by molar-refractivity contribution is 6.01. The predicted octanol–water partition coefficient (Wildman–Crippen LogP) is 1.80. The lowest BCUT2D eigenvalue weighted by molar-refractivity contribution is -0.384. The number of hydrogen-bond acceptors (Lipinski definition) is 5. The van der Waals surface area contributed by atoms with E-state index in [1.807, 2.05) is 6.07 Å². The first-order valence-electron chi connectivity index (χ1n) is 6.86. The lowest BCUT2D eigenvalue weighted by Crippen LogP contribution is -2.32. The number of benzene rings is 1. The van der Waals surface area contributed by atoms with Gasteiger partial charge in [0.1, 0.15) is 11.6 Å². The van der Waals surface area contributed by atoms with Gasteiger partial charge in [0.25, 0.3) is 11.6 Å². The zero-order valence-corrected chi connectivity index (χ0v) is 11.8. The van der Waals surface area contributed by atoms with Crippen molar-refractivity contribution in [3.63, 3.8) is 0 Å². The first-order valence-corrected chi connectivity index (χ1v) is 6.86. The second-order valence-corrected chi connectivity index (χ2v) is 4.87. The van der Waals surface area contributed by atoms with Gasteiger partial charge in [0.2, 0.25) is 0 Å². The normalized spacial score (nSPS) is 17.8. The van der Waals surface area contributed by atoms with Crippen molar-refractivity contribution in [1.82, 2.24) is 5.32 Å². The first kappa shape index (κ1) is 15.7. The van der Waals surface area contributed by atoms with Gasteiger partial charge >= 0.3 is 0 Å². The van der Waals surface area contributed by atoms with Crippen LogP contribution in [0.1, 0.15) is 18.4 Å². The molecule has 22 heavy (non-hydrogen) atoms. The van der Waals surface area contributed by atoms with E-state index >= 15 is 0 Å². The van der Waals surface area contributed by atoms with Gasteiger partial charge in [0, 0.05) is 25.3 Å². The van der Waals surface area contributed by atoms with Crippen molar-refractivity contribution >= 4 is 17.7 Å². The lowest BCUT2D eigenvalue weighted by Gasteiger charge is -2.10. The molecular weight excluding hydrogens is 286 g/mol. The molecule has 1 aliphatic heterocycles. The SMILES string of the molecule is N#C/C(=C/c1cccc([N+](=O)[O-])c1)C(=O)NC[C@H]1CCCO1. The standard InChI is InChI=1S/C15H15N3O4/c16-9-12(15(19)17-10-14-5-2-6-22-14)7-11-3-1-4-13(8-11)18(20)21/h1,3-4,7-8,14H,2,5-6,10H2,(H,17,19)/b12-7-/t14-/m1/s1. The molecule has 2 rings (SSSR count). The molecule has 7 nitrogen and oxygen atoms in total. The average molecular weight is 301 g/mol. The zero-order valence-electron chi connectivity index (χ0n) is 11.8. The topological polar surface area (TPSA) is 105 Å². The van der Waals surface area contributed by atoms with Crippen LogP contribution in [0.25, 0.3) is 6.08 Å². The van der Waals surface area contributed by atoms with Crippen molar-refractivity contribution in [2.75, 3.05) is 13.2 Å². The Balaban J connectivity index is 2.06. The Labute approximate surface area is 127 Å². The molecule has 7 heteroatoms. The van der Waals surface area contributed by atoms with Crippen LogP contribution < -0.4 is 5.32 Å². The summed E-state index contributed by atoms with van der Waals surface area (Å²) in [5.74, 6) is -0.510. The number of nitrogens with one attached hydrogen (secondary N) is 1. The van der Waals surface area contributed by atoms with Crippen molar-refractivity contribution in [3.8, 4) is 6.07 Å². The number of rotatable bonds is 5. The summed E-state index contributed by atoms with van der Waals surface area (Å²) < 4.78 is 5.39. The van der Waals surface area contributed by atoms with Gasteiger partial charge in [-0.1, -0.05) is 12.1 Å². The Hall–Kier alpha value is -2.72. The minimum absolute atomic E-state index is 0.0123. The molecule has 1 amide bonds. The number of nitro groups is 1. The van der Waals surface area contributed by atoms with Gasteiger partial charge in [-0.2, -0.15) is 5.26 Å². The van der Waals surface area contributed by atoms with E-state index in [2.05, 4.69) is 5.32 Å². The molecule has 1 aromatic rings. The van der Waals surface area contributed by atoms with E-state index in [0.29, 0.717) is 18.7 Å². The minimum Gasteiger partial charge on any atom is -0.376 e. The summed E-state index contributed by atoms with van der Waals surface area (Å²) in [6, 6.07) is 7.57. The van der Waals surface area contributed by atoms with Crippen molar-refractivity contribution < 1.29 is 14.5 Å². The maximum atomic E-state index is 12.0. The highest BCUT2D eigenvalue weighted by atomic mass is 16.6. The molecule has 1 aliphatic rings. The quantitative estimate of drug-likeness (QED) is 0.386. The van der Waals surface area contributed by atoms with Gasteiger partial charge in [-0.05, 0) is 24.5 Å². The van der Waals surface area contributed by atoms with Crippen LogP contribution in [0.4, 0.5) is 5.69 Å². The minimum atomic E-state index is -0.527. The van der Waals surface area contributed by atoms with Gasteiger partial charge in [-0.3, -0.25) is 14.9 Å². The van der Waals surface area contributed by atoms with E-state index in [-0.39, 0.29) is 17.4 Å². The molecule has 0 bridgehead atoms. The second kappa shape index (κ2) is 7.33. The van der Waals surface area contributed by atoms with Gasteiger partial charge < -0.3 is 10.1 Å². The molecule has 0 radical (unpaired) electrons. The Morgan fingerprint density at radius 2 is 2.41 bits per heavy atom. The third-order valence-corrected chi connectivity index (χ3v) is 3.27. The fourth-order valence-corrected chi connectivity index (χ4v) is 2.15. The van der Waals surface area contributed by atoms with Crippen LogP contribution in [-0.2, 0) is 9.53 Å². The van der Waals surface area contributed by atoms with E-state index in [9.17, 15) is 14.9 Å². The van der Waals surface area contributed by atoms with Crippen molar-refractivity contribution in [3.05, 3.63) is 45.5 Å². The number of carbonyl (C=O) groups excluding carboxylic acids is 1. The number of hydrogen-bond donors (Lipinski definition) is 1. The van der Waals surface area contributed by atoms with Gasteiger partial charge in [0.15, 0.2) is 0 Å². The monoisotopic (exact) mass is 301 g/mol.